The molecule has 1 aromatic heterocycles. The number of carbonyl (C=O) groups excluding carboxylic acids is 2. The largest absolute Gasteiger partial charge is 0.444 e. The summed E-state index contributed by atoms with van der Waals surface area (Å²) >= 11 is 0. The summed E-state index contributed by atoms with van der Waals surface area (Å²) in [6.45, 7) is 14.5. The van der Waals surface area contributed by atoms with Crippen molar-refractivity contribution in [2.45, 2.75) is 59.0 Å². The number of aromatic nitrogens is 2. The second kappa shape index (κ2) is 10.1. The van der Waals surface area contributed by atoms with Crippen LogP contribution in [0.25, 0.3) is 0 Å². The monoisotopic (exact) mass is 407 g/mol. The first-order valence-corrected chi connectivity index (χ1v) is 10.7. The van der Waals surface area contributed by atoms with Crippen molar-refractivity contribution in [1.82, 2.24) is 24.9 Å². The third-order valence-corrected chi connectivity index (χ3v) is 5.37. The molecule has 0 aliphatic carbocycles. The second-order valence-corrected chi connectivity index (χ2v) is 8.59. The van der Waals surface area contributed by atoms with Crippen LogP contribution in [0, 0.1) is 0 Å². The number of nitrogens with zero attached hydrogens (tertiary/aromatic N) is 4. The van der Waals surface area contributed by atoms with Crippen LogP contribution in [-0.4, -0.2) is 76.5 Å². The summed E-state index contributed by atoms with van der Waals surface area (Å²) in [5.74, 6) is 0.125. The molecular weight excluding hydrogens is 370 g/mol. The van der Waals surface area contributed by atoms with Crippen LogP contribution in [0.15, 0.2) is 6.20 Å². The van der Waals surface area contributed by atoms with Crippen LogP contribution in [0.2, 0.25) is 0 Å². The predicted molar refractivity (Wildman–Crippen MR) is 113 cm³/mol. The molecule has 0 saturated carbocycles. The zero-order valence-electron chi connectivity index (χ0n) is 18.8. The molecule has 1 N–H and O–H groups in total. The van der Waals surface area contributed by atoms with Gasteiger partial charge in [0.25, 0.3) is 5.91 Å². The molecule has 0 aromatic carbocycles. The number of hydrogen-bond donors (Lipinski definition) is 1. The Bertz CT molecular complexity index is 683. The van der Waals surface area contributed by atoms with Crippen LogP contribution >= 0.6 is 0 Å². The van der Waals surface area contributed by atoms with Gasteiger partial charge in [-0.2, -0.15) is 5.10 Å². The Hall–Kier alpha value is -2.09. The minimum atomic E-state index is -0.494. The molecule has 1 aromatic rings. The van der Waals surface area contributed by atoms with E-state index in [1.165, 1.54) is 0 Å². The molecule has 1 aliphatic heterocycles. The molecule has 2 amide bonds. The molecule has 0 atom stereocenters. The van der Waals surface area contributed by atoms with Crippen LogP contribution in [0.4, 0.5) is 4.79 Å². The maximum atomic E-state index is 12.7. The molecule has 2 rings (SSSR count). The molecule has 1 fully saturated rings. The van der Waals surface area contributed by atoms with Crippen LogP contribution in [0.5, 0.6) is 0 Å². The third kappa shape index (κ3) is 6.45. The molecule has 0 spiro atoms. The number of aryl methyl sites for hydroxylation is 1. The van der Waals surface area contributed by atoms with Gasteiger partial charge in [0.1, 0.15) is 5.60 Å². The Kier molecular flexibility index (Phi) is 8.07. The van der Waals surface area contributed by atoms with E-state index in [1.807, 2.05) is 27.8 Å². The van der Waals surface area contributed by atoms with Gasteiger partial charge >= 0.3 is 6.09 Å². The number of nitrogens with one attached hydrogen (secondary N) is 1. The Balaban J connectivity index is 1.96. The Labute approximate surface area is 174 Å². The molecule has 1 saturated heterocycles. The number of piperidine rings is 1. The Morgan fingerprint density at radius 3 is 2.41 bits per heavy atom. The fourth-order valence-electron chi connectivity index (χ4n) is 3.73. The van der Waals surface area contributed by atoms with Gasteiger partial charge in [-0.1, -0.05) is 13.8 Å². The Morgan fingerprint density at radius 1 is 1.24 bits per heavy atom. The van der Waals surface area contributed by atoms with Crippen LogP contribution in [-0.2, 0) is 11.8 Å². The van der Waals surface area contributed by atoms with Gasteiger partial charge in [0, 0.05) is 39.1 Å². The van der Waals surface area contributed by atoms with E-state index in [9.17, 15) is 9.59 Å². The maximum Gasteiger partial charge on any atom is 0.410 e. The lowest BCUT2D eigenvalue weighted by Gasteiger charge is -2.33. The number of carbonyl (C=O) groups is 2. The number of rotatable bonds is 7. The number of amides is 2. The van der Waals surface area contributed by atoms with Crippen LogP contribution < -0.4 is 5.32 Å². The van der Waals surface area contributed by atoms with Gasteiger partial charge in [-0.15, -0.1) is 0 Å². The van der Waals surface area contributed by atoms with Crippen molar-refractivity contribution >= 4 is 12.0 Å². The number of likely N-dealkylation sites (tertiary alicyclic amines) is 1. The van der Waals surface area contributed by atoms with Gasteiger partial charge in [0.15, 0.2) is 0 Å². The summed E-state index contributed by atoms with van der Waals surface area (Å²) in [5.41, 5.74) is 1.10. The first-order valence-electron chi connectivity index (χ1n) is 10.7. The summed E-state index contributed by atoms with van der Waals surface area (Å²) < 4.78 is 7.27. The second-order valence-electron chi connectivity index (χ2n) is 8.59. The fraction of sp³-hybridized carbons (Fsp3) is 0.762. The van der Waals surface area contributed by atoms with E-state index in [-0.39, 0.29) is 17.9 Å². The highest BCUT2D eigenvalue weighted by atomic mass is 16.6. The van der Waals surface area contributed by atoms with Crippen molar-refractivity contribution < 1.29 is 14.3 Å². The molecule has 8 heteroatoms. The zero-order valence-corrected chi connectivity index (χ0v) is 18.8. The van der Waals surface area contributed by atoms with Crippen molar-refractivity contribution in [3.05, 3.63) is 17.5 Å². The lowest BCUT2D eigenvalue weighted by atomic mass is 9.91. The first kappa shape index (κ1) is 23.2. The number of ether oxygens (including phenoxy) is 1. The minimum Gasteiger partial charge on any atom is -0.444 e. The van der Waals surface area contributed by atoms with E-state index in [4.69, 9.17) is 4.74 Å². The number of likely N-dealkylation sites (N-methyl/N-ethyl adjacent to an activating group) is 1. The molecule has 2 heterocycles. The molecule has 29 heavy (non-hydrogen) atoms. The van der Waals surface area contributed by atoms with Gasteiger partial charge in [0.2, 0.25) is 0 Å². The quantitative estimate of drug-likeness (QED) is 0.752. The van der Waals surface area contributed by atoms with E-state index in [1.54, 1.807) is 15.8 Å². The molecule has 0 unspecified atom stereocenters. The van der Waals surface area contributed by atoms with Crippen molar-refractivity contribution in [2.75, 3.05) is 39.3 Å². The average Bonchev–Trinajstić information content (AvgIpc) is 3.05. The van der Waals surface area contributed by atoms with Crippen molar-refractivity contribution in [3.63, 3.8) is 0 Å². The van der Waals surface area contributed by atoms with Crippen molar-refractivity contribution in [1.29, 1.82) is 0 Å². The summed E-state index contributed by atoms with van der Waals surface area (Å²) in [6, 6.07) is 0. The minimum absolute atomic E-state index is 0.0742. The van der Waals surface area contributed by atoms with E-state index in [0.717, 1.165) is 38.2 Å². The van der Waals surface area contributed by atoms with E-state index < -0.39 is 5.60 Å². The van der Waals surface area contributed by atoms with Gasteiger partial charge < -0.3 is 19.9 Å². The molecule has 8 nitrogen and oxygen atoms in total. The maximum absolute atomic E-state index is 12.7. The number of hydrogen-bond acceptors (Lipinski definition) is 5. The highest BCUT2D eigenvalue weighted by Crippen LogP contribution is 2.30. The average molecular weight is 408 g/mol. The van der Waals surface area contributed by atoms with Gasteiger partial charge in [-0.05, 0) is 46.7 Å². The smallest absolute Gasteiger partial charge is 0.410 e. The standard InChI is InChI=1S/C21H37N5O3/c1-7-25(8-2)14-11-22-19(27)17-15-23-24(6)18(17)16-9-12-26(13-10-16)20(28)29-21(3,4)5/h15-16H,7-14H2,1-6H3,(H,22,27). The van der Waals surface area contributed by atoms with Gasteiger partial charge in [-0.3, -0.25) is 9.48 Å². The van der Waals surface area contributed by atoms with Crippen molar-refractivity contribution in [3.8, 4) is 0 Å². The molecule has 0 radical (unpaired) electrons. The van der Waals surface area contributed by atoms with Gasteiger partial charge in [0.05, 0.1) is 17.5 Å². The lowest BCUT2D eigenvalue weighted by Crippen LogP contribution is -2.41. The molecule has 0 bridgehead atoms. The summed E-state index contributed by atoms with van der Waals surface area (Å²) in [7, 11) is 1.88. The summed E-state index contributed by atoms with van der Waals surface area (Å²) in [5, 5.41) is 7.36. The topological polar surface area (TPSA) is 79.7 Å². The first-order chi connectivity index (χ1) is 13.7. The highest BCUT2D eigenvalue weighted by Gasteiger charge is 2.31. The van der Waals surface area contributed by atoms with Crippen LogP contribution in [0.1, 0.15) is 69.4 Å². The third-order valence-electron chi connectivity index (χ3n) is 5.37. The van der Waals surface area contributed by atoms with Gasteiger partial charge in [-0.25, -0.2) is 4.79 Å². The fourth-order valence-corrected chi connectivity index (χ4v) is 3.73. The highest BCUT2D eigenvalue weighted by molar-refractivity contribution is 5.95. The van der Waals surface area contributed by atoms with E-state index in [0.29, 0.717) is 25.2 Å². The normalized spacial score (nSPS) is 15.6. The van der Waals surface area contributed by atoms with E-state index in [2.05, 4.69) is 29.2 Å². The summed E-state index contributed by atoms with van der Waals surface area (Å²) in [6.07, 6.45) is 2.97. The Morgan fingerprint density at radius 2 is 1.86 bits per heavy atom. The molecular formula is C21H37N5O3. The SMILES string of the molecule is CCN(CC)CCNC(=O)c1cnn(C)c1C1CCN(C(=O)OC(C)(C)C)CC1. The molecule has 1 aliphatic rings. The van der Waals surface area contributed by atoms with E-state index >= 15 is 0 Å². The summed E-state index contributed by atoms with van der Waals surface area (Å²) in [4.78, 5) is 29.1. The zero-order chi connectivity index (χ0) is 21.6. The predicted octanol–water partition coefficient (Wildman–Crippen LogP) is 2.61. The lowest BCUT2D eigenvalue weighted by molar-refractivity contribution is 0.0203. The van der Waals surface area contributed by atoms with Crippen LogP contribution in [0.3, 0.4) is 0 Å². The van der Waals surface area contributed by atoms with Crippen molar-refractivity contribution in [2.24, 2.45) is 7.05 Å². The molecule has 164 valence electrons.